The minimum Gasteiger partial charge on any atom is -0.337 e. The Morgan fingerprint density at radius 1 is 1.36 bits per heavy atom. The topological polar surface area (TPSA) is 52.7 Å². The van der Waals surface area contributed by atoms with E-state index in [2.05, 4.69) is 16.5 Å². The number of hydrogen-bond acceptors (Lipinski definition) is 4. The third-order valence-corrected chi connectivity index (χ3v) is 4.36. The van der Waals surface area contributed by atoms with Crippen molar-refractivity contribution >= 4 is 22.7 Å². The molecule has 0 atom stereocenters. The number of thioether (sulfide) groups is 1. The number of rotatable bonds is 5. The molecule has 0 aliphatic carbocycles. The van der Waals surface area contributed by atoms with Gasteiger partial charge in [-0.05, 0) is 12.1 Å². The number of fused-ring (bicyclic) bond motifs is 1. The van der Waals surface area contributed by atoms with Crippen molar-refractivity contribution in [1.82, 2.24) is 19.1 Å². The Morgan fingerprint density at radius 3 is 2.91 bits per heavy atom. The summed E-state index contributed by atoms with van der Waals surface area (Å²) in [6, 6.07) is 7.40. The van der Waals surface area contributed by atoms with Gasteiger partial charge in [-0.1, -0.05) is 30.0 Å². The van der Waals surface area contributed by atoms with Crippen molar-refractivity contribution in [3.8, 4) is 0 Å². The maximum Gasteiger partial charge on any atom is 0.262 e. The molecule has 5 nitrogen and oxygen atoms in total. The van der Waals surface area contributed by atoms with Gasteiger partial charge in [0.2, 0.25) is 0 Å². The summed E-state index contributed by atoms with van der Waals surface area (Å²) in [5.41, 5.74) is 0.683. The third-order valence-electron chi connectivity index (χ3n) is 3.39. The largest absolute Gasteiger partial charge is 0.337 e. The Labute approximate surface area is 132 Å². The van der Waals surface area contributed by atoms with Crippen molar-refractivity contribution in [1.29, 1.82) is 0 Å². The first-order chi connectivity index (χ1) is 10.7. The summed E-state index contributed by atoms with van der Waals surface area (Å²) in [7, 11) is 1.95. The first-order valence-electron chi connectivity index (χ1n) is 6.90. The number of benzene rings is 1. The van der Waals surface area contributed by atoms with Gasteiger partial charge in [0, 0.05) is 26.0 Å². The molecule has 3 rings (SSSR count). The van der Waals surface area contributed by atoms with E-state index in [-0.39, 0.29) is 5.56 Å². The van der Waals surface area contributed by atoms with E-state index in [0.717, 1.165) is 11.3 Å². The molecule has 0 aliphatic rings. The van der Waals surface area contributed by atoms with E-state index in [1.54, 1.807) is 22.9 Å². The van der Waals surface area contributed by atoms with Crippen molar-refractivity contribution in [3.05, 3.63) is 65.5 Å². The van der Waals surface area contributed by atoms with Crippen LogP contribution in [-0.2, 0) is 19.3 Å². The molecule has 3 aromatic rings. The molecule has 0 saturated heterocycles. The Bertz CT molecular complexity index is 881. The lowest BCUT2D eigenvalue weighted by Gasteiger charge is -2.11. The van der Waals surface area contributed by atoms with Crippen LogP contribution in [0.25, 0.3) is 10.9 Å². The minimum absolute atomic E-state index is 0.0344. The molecular weight excluding hydrogens is 296 g/mol. The van der Waals surface area contributed by atoms with Gasteiger partial charge in [-0.15, -0.1) is 6.58 Å². The summed E-state index contributed by atoms with van der Waals surface area (Å²) in [6.07, 6.45) is 5.38. The summed E-state index contributed by atoms with van der Waals surface area (Å²) in [6.45, 7) is 4.17. The fraction of sp³-hybridized carbons (Fsp3) is 0.188. The van der Waals surface area contributed by atoms with E-state index < -0.39 is 0 Å². The van der Waals surface area contributed by atoms with E-state index in [0.29, 0.717) is 22.8 Å². The molecule has 0 fully saturated rings. The molecule has 6 heteroatoms. The van der Waals surface area contributed by atoms with Crippen LogP contribution in [0.15, 0.2) is 59.3 Å². The van der Waals surface area contributed by atoms with Crippen molar-refractivity contribution < 1.29 is 0 Å². The molecule has 0 unspecified atom stereocenters. The van der Waals surface area contributed by atoms with Gasteiger partial charge in [-0.25, -0.2) is 9.97 Å². The normalized spacial score (nSPS) is 11.0. The van der Waals surface area contributed by atoms with Crippen LogP contribution >= 0.6 is 11.8 Å². The Morgan fingerprint density at radius 2 is 2.18 bits per heavy atom. The molecule has 0 aliphatic heterocycles. The summed E-state index contributed by atoms with van der Waals surface area (Å²) in [5, 5.41) is 1.32. The van der Waals surface area contributed by atoms with E-state index in [9.17, 15) is 4.79 Å². The van der Waals surface area contributed by atoms with Crippen molar-refractivity contribution in [2.24, 2.45) is 7.05 Å². The molecule has 0 N–H and O–H groups in total. The minimum atomic E-state index is -0.0344. The molecular formula is C16H16N4OS. The number of hydrogen-bond donors (Lipinski definition) is 0. The molecule has 0 saturated carbocycles. The van der Waals surface area contributed by atoms with E-state index in [1.165, 1.54) is 11.8 Å². The molecule has 2 aromatic heterocycles. The second-order valence-corrected chi connectivity index (χ2v) is 5.80. The average molecular weight is 312 g/mol. The van der Waals surface area contributed by atoms with E-state index in [1.807, 2.05) is 36.0 Å². The molecule has 112 valence electrons. The van der Waals surface area contributed by atoms with Crippen LogP contribution in [0.4, 0.5) is 0 Å². The summed E-state index contributed by atoms with van der Waals surface area (Å²) in [5.74, 6) is 1.60. The Kier molecular flexibility index (Phi) is 4.11. The summed E-state index contributed by atoms with van der Waals surface area (Å²) >= 11 is 1.51. The second-order valence-electron chi connectivity index (χ2n) is 4.86. The lowest BCUT2D eigenvalue weighted by atomic mass is 10.2. The molecule has 0 spiro atoms. The van der Waals surface area contributed by atoms with Gasteiger partial charge in [-0.2, -0.15) is 0 Å². The summed E-state index contributed by atoms with van der Waals surface area (Å²) < 4.78 is 3.62. The zero-order valence-corrected chi connectivity index (χ0v) is 13.1. The summed E-state index contributed by atoms with van der Waals surface area (Å²) in [4.78, 5) is 21.5. The first-order valence-corrected chi connectivity index (χ1v) is 7.88. The fourth-order valence-electron chi connectivity index (χ4n) is 2.21. The standard InChI is InChI=1S/C16H16N4OS/c1-3-9-20-15(21)12-6-4-5-7-13(12)18-16(20)22-11-14-17-8-10-19(14)2/h3-8,10H,1,9,11H2,2H3. The molecule has 0 radical (unpaired) electrons. The van der Waals surface area contributed by atoms with Gasteiger partial charge in [0.15, 0.2) is 5.16 Å². The zero-order valence-electron chi connectivity index (χ0n) is 12.3. The zero-order chi connectivity index (χ0) is 15.5. The molecule has 1 aromatic carbocycles. The van der Waals surface area contributed by atoms with E-state index >= 15 is 0 Å². The van der Waals surface area contributed by atoms with Gasteiger partial charge in [-0.3, -0.25) is 9.36 Å². The van der Waals surface area contributed by atoms with Crippen LogP contribution in [0.5, 0.6) is 0 Å². The number of aromatic nitrogens is 4. The van der Waals surface area contributed by atoms with Crippen molar-refractivity contribution in [2.45, 2.75) is 17.5 Å². The van der Waals surface area contributed by atoms with E-state index in [4.69, 9.17) is 0 Å². The SMILES string of the molecule is C=CCn1c(SCc2nccn2C)nc2ccccc2c1=O. The van der Waals surface area contributed by atoms with Crippen LogP contribution in [-0.4, -0.2) is 19.1 Å². The maximum absolute atomic E-state index is 12.6. The molecule has 22 heavy (non-hydrogen) atoms. The third kappa shape index (κ3) is 2.69. The number of imidazole rings is 1. The van der Waals surface area contributed by atoms with Gasteiger partial charge >= 0.3 is 0 Å². The molecule has 0 amide bonds. The van der Waals surface area contributed by atoms with Crippen LogP contribution in [0.2, 0.25) is 0 Å². The number of allylic oxidation sites excluding steroid dienone is 1. The molecule has 2 heterocycles. The van der Waals surface area contributed by atoms with Gasteiger partial charge in [0.1, 0.15) is 5.82 Å². The average Bonchev–Trinajstić information content (AvgIpc) is 2.94. The van der Waals surface area contributed by atoms with Gasteiger partial charge < -0.3 is 4.57 Å². The van der Waals surface area contributed by atoms with Crippen LogP contribution in [0.3, 0.4) is 0 Å². The smallest absolute Gasteiger partial charge is 0.262 e. The predicted molar refractivity (Wildman–Crippen MR) is 89.0 cm³/mol. The Balaban J connectivity index is 2.03. The maximum atomic E-state index is 12.6. The van der Waals surface area contributed by atoms with Crippen LogP contribution in [0, 0.1) is 0 Å². The fourth-order valence-corrected chi connectivity index (χ4v) is 3.23. The highest BCUT2D eigenvalue weighted by atomic mass is 32.2. The monoisotopic (exact) mass is 312 g/mol. The highest BCUT2D eigenvalue weighted by Gasteiger charge is 2.11. The predicted octanol–water partition coefficient (Wildman–Crippen LogP) is 2.61. The Hall–Kier alpha value is -2.34. The van der Waals surface area contributed by atoms with Gasteiger partial charge in [0.05, 0.1) is 16.7 Å². The quantitative estimate of drug-likeness (QED) is 0.413. The number of nitrogens with zero attached hydrogens (tertiary/aromatic N) is 4. The highest BCUT2D eigenvalue weighted by Crippen LogP contribution is 2.21. The van der Waals surface area contributed by atoms with Crippen molar-refractivity contribution in [2.75, 3.05) is 0 Å². The number of para-hydroxylation sites is 1. The van der Waals surface area contributed by atoms with Crippen LogP contribution in [0.1, 0.15) is 5.82 Å². The number of aryl methyl sites for hydroxylation is 1. The lowest BCUT2D eigenvalue weighted by Crippen LogP contribution is -2.22. The first kappa shape index (κ1) is 14.6. The molecule has 0 bridgehead atoms. The highest BCUT2D eigenvalue weighted by molar-refractivity contribution is 7.98. The van der Waals surface area contributed by atoms with Crippen molar-refractivity contribution in [3.63, 3.8) is 0 Å². The second kappa shape index (κ2) is 6.19. The van der Waals surface area contributed by atoms with Gasteiger partial charge in [0.25, 0.3) is 5.56 Å². The lowest BCUT2D eigenvalue weighted by molar-refractivity contribution is 0.671. The van der Waals surface area contributed by atoms with Crippen LogP contribution < -0.4 is 5.56 Å².